The Hall–Kier alpha value is -1.18. The summed E-state index contributed by atoms with van der Waals surface area (Å²) in [5.74, 6) is -0.360. The average Bonchev–Trinajstić information content (AvgIpc) is 2.78. The maximum atomic E-state index is 11.6. The fourth-order valence-electron chi connectivity index (χ4n) is 1.16. The Bertz CT molecular complexity index is 397. The highest BCUT2D eigenvalue weighted by atomic mass is 35.5. The van der Waals surface area contributed by atoms with E-state index >= 15 is 0 Å². The van der Waals surface area contributed by atoms with Gasteiger partial charge in [0.2, 0.25) is 5.91 Å². The van der Waals surface area contributed by atoms with E-state index in [1.807, 2.05) is 0 Å². The first-order valence-electron chi connectivity index (χ1n) is 5.30. The van der Waals surface area contributed by atoms with E-state index in [4.69, 9.17) is 5.73 Å². The molecule has 0 aliphatic heterocycles. The van der Waals surface area contributed by atoms with E-state index in [1.165, 1.54) is 11.3 Å². The van der Waals surface area contributed by atoms with Gasteiger partial charge in [-0.1, -0.05) is 0 Å². The number of nitrogens with two attached hydrogens (primary N) is 1. The molecule has 1 heterocycles. The molecule has 102 valence electrons. The lowest BCUT2D eigenvalue weighted by molar-refractivity contribution is -0.120. The lowest BCUT2D eigenvalue weighted by Crippen LogP contribution is -2.29. The van der Waals surface area contributed by atoms with Crippen LogP contribution in [0.2, 0.25) is 0 Å². The summed E-state index contributed by atoms with van der Waals surface area (Å²) in [6.07, 6.45) is 0.943. The molecule has 1 aromatic heterocycles. The highest BCUT2D eigenvalue weighted by Gasteiger charge is 2.10. The second kappa shape index (κ2) is 8.84. The van der Waals surface area contributed by atoms with Crippen molar-refractivity contribution in [2.45, 2.75) is 12.8 Å². The van der Waals surface area contributed by atoms with Gasteiger partial charge < -0.3 is 16.4 Å². The summed E-state index contributed by atoms with van der Waals surface area (Å²) < 4.78 is 0. The van der Waals surface area contributed by atoms with Crippen LogP contribution in [-0.2, 0) is 11.2 Å². The Morgan fingerprint density at radius 2 is 2.22 bits per heavy atom. The first-order valence-corrected chi connectivity index (χ1v) is 6.18. The van der Waals surface area contributed by atoms with Gasteiger partial charge in [0.05, 0.1) is 5.01 Å². The van der Waals surface area contributed by atoms with E-state index < -0.39 is 0 Å². The van der Waals surface area contributed by atoms with Crippen molar-refractivity contribution in [3.05, 3.63) is 16.1 Å². The van der Waals surface area contributed by atoms with Gasteiger partial charge in [-0.15, -0.1) is 23.7 Å². The highest BCUT2D eigenvalue weighted by Crippen LogP contribution is 2.09. The van der Waals surface area contributed by atoms with E-state index in [0.29, 0.717) is 25.2 Å². The summed E-state index contributed by atoms with van der Waals surface area (Å²) in [7, 11) is 1.56. The molecular formula is C10H17ClN4O2S. The number of nitrogens with zero attached hydrogens (tertiary/aromatic N) is 1. The Morgan fingerprint density at radius 3 is 2.83 bits per heavy atom. The van der Waals surface area contributed by atoms with Crippen LogP contribution in [0.1, 0.15) is 21.9 Å². The van der Waals surface area contributed by atoms with Gasteiger partial charge in [-0.3, -0.25) is 9.59 Å². The largest absolute Gasteiger partial charge is 0.359 e. The molecule has 4 N–H and O–H groups in total. The minimum absolute atomic E-state index is 0. The normalized spacial score (nSPS) is 9.44. The van der Waals surface area contributed by atoms with Crippen molar-refractivity contribution < 1.29 is 9.59 Å². The Balaban J connectivity index is 0.00000289. The number of amides is 2. The summed E-state index contributed by atoms with van der Waals surface area (Å²) >= 11 is 1.42. The van der Waals surface area contributed by atoms with Crippen LogP contribution >= 0.6 is 23.7 Å². The number of hydrogen-bond donors (Lipinski definition) is 3. The van der Waals surface area contributed by atoms with Gasteiger partial charge in [0.25, 0.3) is 5.91 Å². The predicted molar refractivity (Wildman–Crippen MR) is 73.1 cm³/mol. The number of rotatable bonds is 6. The molecule has 0 aliphatic rings. The number of carbonyl (C=O) groups excluding carboxylic acids is 2. The first-order chi connectivity index (χ1) is 8.17. The van der Waals surface area contributed by atoms with Crippen molar-refractivity contribution in [1.82, 2.24) is 15.6 Å². The van der Waals surface area contributed by atoms with Gasteiger partial charge in [0.15, 0.2) is 0 Å². The molecule has 0 saturated heterocycles. The monoisotopic (exact) mass is 292 g/mol. The third-order valence-electron chi connectivity index (χ3n) is 2.06. The van der Waals surface area contributed by atoms with Gasteiger partial charge in [-0.05, 0) is 6.54 Å². The quantitative estimate of drug-likeness (QED) is 0.684. The van der Waals surface area contributed by atoms with E-state index in [0.717, 1.165) is 5.01 Å². The molecule has 8 heteroatoms. The van der Waals surface area contributed by atoms with Crippen LogP contribution in [0.15, 0.2) is 5.38 Å². The van der Waals surface area contributed by atoms with Crippen LogP contribution in [0.3, 0.4) is 0 Å². The molecule has 0 atom stereocenters. The lowest BCUT2D eigenvalue weighted by atomic mass is 10.3. The Kier molecular flexibility index (Phi) is 8.27. The van der Waals surface area contributed by atoms with Gasteiger partial charge in [-0.25, -0.2) is 4.98 Å². The average molecular weight is 293 g/mol. The fourth-order valence-corrected chi connectivity index (χ4v) is 1.95. The van der Waals surface area contributed by atoms with Crippen molar-refractivity contribution in [2.75, 3.05) is 20.1 Å². The molecule has 1 rings (SSSR count). The highest BCUT2D eigenvalue weighted by molar-refractivity contribution is 7.09. The van der Waals surface area contributed by atoms with Crippen LogP contribution in [0.5, 0.6) is 0 Å². The first kappa shape index (κ1) is 16.8. The molecule has 18 heavy (non-hydrogen) atoms. The molecule has 2 amide bonds. The topological polar surface area (TPSA) is 97.1 Å². The molecule has 0 aromatic carbocycles. The van der Waals surface area contributed by atoms with Crippen LogP contribution in [0.25, 0.3) is 0 Å². The zero-order valence-corrected chi connectivity index (χ0v) is 11.7. The van der Waals surface area contributed by atoms with Crippen LogP contribution in [0.4, 0.5) is 0 Å². The molecule has 1 aromatic rings. The third-order valence-corrected chi connectivity index (χ3v) is 2.97. The van der Waals surface area contributed by atoms with Gasteiger partial charge in [0.1, 0.15) is 5.69 Å². The van der Waals surface area contributed by atoms with Gasteiger partial charge in [0, 0.05) is 31.8 Å². The SMILES string of the molecule is CNC(=O)CCNC(=O)c1csc(CCN)n1.Cl. The zero-order valence-electron chi connectivity index (χ0n) is 10.1. The minimum Gasteiger partial charge on any atom is -0.359 e. The Labute approximate surface area is 116 Å². The summed E-state index contributed by atoms with van der Waals surface area (Å²) in [6.45, 7) is 0.827. The lowest BCUT2D eigenvalue weighted by Gasteiger charge is -2.01. The van der Waals surface area contributed by atoms with Crippen LogP contribution < -0.4 is 16.4 Å². The molecule has 0 bridgehead atoms. The van der Waals surface area contributed by atoms with Crippen LogP contribution in [0, 0.1) is 0 Å². The van der Waals surface area contributed by atoms with E-state index in [1.54, 1.807) is 12.4 Å². The van der Waals surface area contributed by atoms with Crippen molar-refractivity contribution >= 4 is 35.6 Å². The number of hydrogen-bond acceptors (Lipinski definition) is 5. The number of carbonyl (C=O) groups is 2. The van der Waals surface area contributed by atoms with Crippen molar-refractivity contribution in [2.24, 2.45) is 5.73 Å². The number of aromatic nitrogens is 1. The van der Waals surface area contributed by atoms with Crippen molar-refractivity contribution in [3.63, 3.8) is 0 Å². The number of halogens is 1. The zero-order chi connectivity index (χ0) is 12.7. The third kappa shape index (κ3) is 5.44. The second-order valence-corrected chi connectivity index (χ2v) is 4.29. The number of thiazole rings is 1. The number of nitrogens with one attached hydrogen (secondary N) is 2. The molecule has 0 spiro atoms. The maximum Gasteiger partial charge on any atom is 0.270 e. The molecule has 0 saturated carbocycles. The Morgan fingerprint density at radius 1 is 1.50 bits per heavy atom. The molecular weight excluding hydrogens is 276 g/mol. The fraction of sp³-hybridized carbons (Fsp3) is 0.500. The molecule has 0 radical (unpaired) electrons. The minimum atomic E-state index is -0.256. The summed E-state index contributed by atoms with van der Waals surface area (Å²) in [5.41, 5.74) is 5.78. The molecule has 0 unspecified atom stereocenters. The van der Waals surface area contributed by atoms with E-state index in [-0.39, 0.29) is 30.6 Å². The van der Waals surface area contributed by atoms with Crippen molar-refractivity contribution in [1.29, 1.82) is 0 Å². The summed E-state index contributed by atoms with van der Waals surface area (Å²) in [5, 5.41) is 7.66. The van der Waals surface area contributed by atoms with Gasteiger partial charge >= 0.3 is 0 Å². The molecule has 0 aliphatic carbocycles. The molecule has 0 fully saturated rings. The van der Waals surface area contributed by atoms with Crippen LogP contribution in [-0.4, -0.2) is 36.9 Å². The van der Waals surface area contributed by atoms with E-state index in [9.17, 15) is 9.59 Å². The molecule has 6 nitrogen and oxygen atoms in total. The summed E-state index contributed by atoms with van der Waals surface area (Å²) in [4.78, 5) is 26.7. The maximum absolute atomic E-state index is 11.6. The smallest absolute Gasteiger partial charge is 0.270 e. The standard InChI is InChI=1S/C10H16N4O2S.ClH/c1-12-8(15)3-5-13-10(16)7-6-17-9(14-7)2-4-11;/h6H,2-5,11H2,1H3,(H,12,15)(H,13,16);1H. The predicted octanol–water partition coefficient (Wildman–Crippen LogP) is -0.0680. The van der Waals surface area contributed by atoms with E-state index in [2.05, 4.69) is 15.6 Å². The second-order valence-electron chi connectivity index (χ2n) is 3.34. The van der Waals surface area contributed by atoms with Crippen molar-refractivity contribution in [3.8, 4) is 0 Å². The summed E-state index contributed by atoms with van der Waals surface area (Å²) in [6, 6.07) is 0. The van der Waals surface area contributed by atoms with Gasteiger partial charge in [-0.2, -0.15) is 0 Å².